The summed E-state index contributed by atoms with van der Waals surface area (Å²) in [6.45, 7) is 6.45. The first-order valence-corrected chi connectivity index (χ1v) is 21.5. The van der Waals surface area contributed by atoms with E-state index in [1.807, 2.05) is 48.5 Å². The van der Waals surface area contributed by atoms with Gasteiger partial charge in [-0.25, -0.2) is 9.59 Å². The summed E-state index contributed by atoms with van der Waals surface area (Å²) in [5.74, 6) is 0.782. The number of methoxy groups -OCH3 is 1. The molecule has 0 saturated heterocycles. The molecule has 0 radical (unpaired) electrons. The SMILES string of the molecule is COC(=O)Oc1ccc(C(C)(C)c2ccc(OC(=O)OCCc3ccc(N(c4ccccc4)c4ccc(-c5ccc(N(c6ccccc6)c6ccc(C)cc6)cc5)cc4)cc3)cc2)cc1. The maximum Gasteiger partial charge on any atom is 0.513 e. The summed E-state index contributed by atoms with van der Waals surface area (Å²) < 4.78 is 20.6. The van der Waals surface area contributed by atoms with Crippen LogP contribution in [0.4, 0.5) is 43.7 Å². The Balaban J connectivity index is 0.887. The molecule has 8 heteroatoms. The van der Waals surface area contributed by atoms with Crippen LogP contribution in [0.5, 0.6) is 11.5 Å². The van der Waals surface area contributed by atoms with Crippen LogP contribution in [0.25, 0.3) is 11.1 Å². The lowest BCUT2D eigenvalue weighted by Crippen LogP contribution is -2.19. The van der Waals surface area contributed by atoms with E-state index in [-0.39, 0.29) is 12.0 Å². The van der Waals surface area contributed by atoms with Crippen molar-refractivity contribution < 1.29 is 28.5 Å². The van der Waals surface area contributed by atoms with E-state index < -0.39 is 12.3 Å². The molecule has 0 amide bonds. The zero-order chi connectivity index (χ0) is 45.2. The number of carbonyl (C=O) groups is 2. The second kappa shape index (κ2) is 19.9. The second-order valence-corrected chi connectivity index (χ2v) is 16.1. The number of anilines is 6. The highest BCUT2D eigenvalue weighted by Gasteiger charge is 2.24. The van der Waals surface area contributed by atoms with E-state index in [9.17, 15) is 9.59 Å². The molecule has 0 spiro atoms. The van der Waals surface area contributed by atoms with Crippen molar-refractivity contribution in [2.75, 3.05) is 23.5 Å². The second-order valence-electron chi connectivity index (χ2n) is 16.1. The average molecular weight is 859 g/mol. The van der Waals surface area contributed by atoms with Crippen LogP contribution in [0.15, 0.2) is 206 Å². The molecule has 0 bridgehead atoms. The Bertz CT molecular complexity index is 2790. The molecule has 0 N–H and O–H groups in total. The minimum absolute atomic E-state index is 0.167. The number of nitrogens with zero attached hydrogens (tertiary/aromatic N) is 2. The van der Waals surface area contributed by atoms with Crippen molar-refractivity contribution in [3.63, 3.8) is 0 Å². The number of carbonyl (C=O) groups excluding carboxylic acids is 2. The van der Waals surface area contributed by atoms with Crippen LogP contribution in [0, 0.1) is 6.92 Å². The summed E-state index contributed by atoms with van der Waals surface area (Å²) in [6.07, 6.45) is -1.01. The fourth-order valence-electron chi connectivity index (χ4n) is 7.72. The molecule has 8 nitrogen and oxygen atoms in total. The number of para-hydroxylation sites is 2. The first-order chi connectivity index (χ1) is 31.6. The molecule has 324 valence electrons. The molecule has 0 aliphatic carbocycles. The van der Waals surface area contributed by atoms with Gasteiger partial charge in [-0.15, -0.1) is 0 Å². The monoisotopic (exact) mass is 858 g/mol. The van der Waals surface area contributed by atoms with Crippen molar-refractivity contribution in [1.29, 1.82) is 0 Å². The highest BCUT2D eigenvalue weighted by molar-refractivity contribution is 5.81. The van der Waals surface area contributed by atoms with Gasteiger partial charge in [0.05, 0.1) is 13.7 Å². The van der Waals surface area contributed by atoms with Crippen LogP contribution >= 0.6 is 0 Å². The third kappa shape index (κ3) is 10.6. The van der Waals surface area contributed by atoms with Gasteiger partial charge in [-0.1, -0.05) is 129 Å². The van der Waals surface area contributed by atoms with Crippen molar-refractivity contribution in [3.8, 4) is 22.6 Å². The Hall–Kier alpha value is -8.10. The zero-order valence-corrected chi connectivity index (χ0v) is 36.9. The van der Waals surface area contributed by atoms with E-state index in [1.54, 1.807) is 24.3 Å². The molecule has 0 atom stereocenters. The molecular weight excluding hydrogens is 809 g/mol. The number of hydrogen-bond acceptors (Lipinski definition) is 8. The summed E-state index contributed by atoms with van der Waals surface area (Å²) in [5.41, 5.74) is 12.5. The van der Waals surface area contributed by atoms with Gasteiger partial charge in [-0.2, -0.15) is 0 Å². The van der Waals surface area contributed by atoms with Crippen LogP contribution in [-0.4, -0.2) is 26.0 Å². The predicted octanol–water partition coefficient (Wildman–Crippen LogP) is 14.8. The summed E-state index contributed by atoms with van der Waals surface area (Å²) in [5, 5.41) is 0. The van der Waals surface area contributed by atoms with E-state index in [0.717, 1.165) is 61.9 Å². The van der Waals surface area contributed by atoms with Gasteiger partial charge in [0.25, 0.3) is 0 Å². The van der Waals surface area contributed by atoms with Gasteiger partial charge < -0.3 is 28.7 Å². The standard InChI is InChI=1S/C57H50N2O6/c1-41-15-27-49(28-16-41)58(47-11-7-5-8-12-47)51-31-19-43(20-32-51)44-21-33-52(34-22-44)59(48-13-9-6-10-14-48)50-29-17-42(18-30-50)39-40-63-56(61)65-54-37-25-46(26-38-54)57(2,3)45-23-35-53(36-24-45)64-55(60)62-4/h5-38H,39-40H2,1-4H3. The van der Waals surface area contributed by atoms with Crippen molar-refractivity contribution in [3.05, 3.63) is 229 Å². The number of aryl methyl sites for hydroxylation is 1. The molecule has 0 aliphatic heterocycles. The zero-order valence-electron chi connectivity index (χ0n) is 36.9. The Morgan fingerprint density at radius 1 is 0.446 bits per heavy atom. The molecule has 8 aromatic rings. The third-order valence-electron chi connectivity index (χ3n) is 11.4. The molecule has 8 aromatic carbocycles. The van der Waals surface area contributed by atoms with E-state index >= 15 is 0 Å². The number of hydrogen-bond donors (Lipinski definition) is 0. The van der Waals surface area contributed by atoms with Gasteiger partial charge in [0.15, 0.2) is 0 Å². The lowest BCUT2D eigenvalue weighted by atomic mass is 9.78. The normalized spacial score (nSPS) is 11.0. The largest absolute Gasteiger partial charge is 0.513 e. The Morgan fingerprint density at radius 2 is 0.815 bits per heavy atom. The van der Waals surface area contributed by atoms with E-state index in [0.29, 0.717) is 17.9 Å². The molecule has 8 rings (SSSR count). The number of rotatable bonds is 14. The molecule has 0 unspecified atom stereocenters. The molecule has 0 heterocycles. The van der Waals surface area contributed by atoms with Gasteiger partial charge in [-0.3, -0.25) is 0 Å². The minimum Gasteiger partial charge on any atom is -0.437 e. The number of benzene rings is 8. The van der Waals surface area contributed by atoms with Crippen LogP contribution in [0.2, 0.25) is 0 Å². The third-order valence-corrected chi connectivity index (χ3v) is 11.4. The molecule has 65 heavy (non-hydrogen) atoms. The van der Waals surface area contributed by atoms with E-state index in [1.165, 1.54) is 12.7 Å². The molecule has 0 saturated carbocycles. The van der Waals surface area contributed by atoms with Gasteiger partial charge in [0, 0.05) is 46.0 Å². The van der Waals surface area contributed by atoms with Crippen molar-refractivity contribution in [1.82, 2.24) is 0 Å². The van der Waals surface area contributed by atoms with Crippen LogP contribution in [-0.2, 0) is 21.3 Å². The predicted molar refractivity (Wildman–Crippen MR) is 260 cm³/mol. The van der Waals surface area contributed by atoms with Gasteiger partial charge in [0.1, 0.15) is 11.5 Å². The fraction of sp³-hybridized carbons (Fsp3) is 0.123. The summed E-state index contributed by atoms with van der Waals surface area (Å²) in [4.78, 5) is 28.6. The van der Waals surface area contributed by atoms with Crippen molar-refractivity contribution in [2.45, 2.75) is 32.6 Å². The van der Waals surface area contributed by atoms with Gasteiger partial charge in [0.2, 0.25) is 0 Å². The summed E-state index contributed by atoms with van der Waals surface area (Å²) in [7, 11) is 1.27. The lowest BCUT2D eigenvalue weighted by molar-refractivity contribution is 0.100. The first kappa shape index (κ1) is 43.5. The highest BCUT2D eigenvalue weighted by Crippen LogP contribution is 2.38. The Kier molecular flexibility index (Phi) is 13.4. The van der Waals surface area contributed by atoms with E-state index in [4.69, 9.17) is 14.2 Å². The number of ether oxygens (including phenoxy) is 4. The molecule has 0 aromatic heterocycles. The topological polar surface area (TPSA) is 77.5 Å². The van der Waals surface area contributed by atoms with Crippen LogP contribution in [0.1, 0.15) is 36.1 Å². The fourth-order valence-corrected chi connectivity index (χ4v) is 7.72. The van der Waals surface area contributed by atoms with Crippen molar-refractivity contribution >= 4 is 46.4 Å². The van der Waals surface area contributed by atoms with E-state index in [2.05, 4.69) is 169 Å². The Labute approximate surface area is 380 Å². The average Bonchev–Trinajstić information content (AvgIpc) is 3.34. The van der Waals surface area contributed by atoms with Crippen LogP contribution in [0.3, 0.4) is 0 Å². The van der Waals surface area contributed by atoms with Gasteiger partial charge >= 0.3 is 12.3 Å². The first-order valence-electron chi connectivity index (χ1n) is 21.5. The lowest BCUT2D eigenvalue weighted by Gasteiger charge is -2.26. The van der Waals surface area contributed by atoms with Gasteiger partial charge in [-0.05, 0) is 132 Å². The van der Waals surface area contributed by atoms with Crippen LogP contribution < -0.4 is 19.3 Å². The molecule has 0 aliphatic rings. The summed E-state index contributed by atoms with van der Waals surface area (Å²) in [6, 6.07) is 69.6. The highest BCUT2D eigenvalue weighted by atomic mass is 16.7. The smallest absolute Gasteiger partial charge is 0.437 e. The maximum absolute atomic E-state index is 12.7. The molecule has 0 fully saturated rings. The summed E-state index contributed by atoms with van der Waals surface area (Å²) >= 11 is 0. The Morgan fingerprint density at radius 3 is 1.23 bits per heavy atom. The minimum atomic E-state index is -0.769. The quantitative estimate of drug-likeness (QED) is 0.0790. The molecular formula is C57H50N2O6. The maximum atomic E-state index is 12.7. The van der Waals surface area contributed by atoms with Crippen molar-refractivity contribution in [2.24, 2.45) is 0 Å².